The number of benzene rings is 1. The first-order valence-corrected chi connectivity index (χ1v) is 16.1. The fourth-order valence-corrected chi connectivity index (χ4v) is 8.00. The Balaban J connectivity index is 1.19. The van der Waals surface area contributed by atoms with Crippen molar-refractivity contribution >= 4 is 44.6 Å². The molecule has 1 unspecified atom stereocenters. The second kappa shape index (κ2) is 9.81. The lowest BCUT2D eigenvalue weighted by Crippen LogP contribution is -2.52. The van der Waals surface area contributed by atoms with Gasteiger partial charge in [0.2, 0.25) is 0 Å². The second-order valence-electron chi connectivity index (χ2n) is 10.7. The predicted octanol–water partition coefficient (Wildman–Crippen LogP) is 3.89. The summed E-state index contributed by atoms with van der Waals surface area (Å²) in [6, 6.07) is 8.47. The van der Waals surface area contributed by atoms with E-state index in [0.29, 0.717) is 28.6 Å². The van der Waals surface area contributed by atoms with Gasteiger partial charge >= 0.3 is 0 Å². The molecule has 1 saturated heterocycles. The van der Waals surface area contributed by atoms with E-state index in [1.54, 1.807) is 35.1 Å². The molecular formula is C27H29ClN4O5S2. The van der Waals surface area contributed by atoms with E-state index in [4.69, 9.17) is 16.3 Å². The summed E-state index contributed by atoms with van der Waals surface area (Å²) >= 11 is 8.01. The van der Waals surface area contributed by atoms with Crippen LogP contribution in [0.5, 0.6) is 0 Å². The Kier molecular flexibility index (Phi) is 6.70. The smallest absolute Gasteiger partial charge is 0.262 e. The summed E-state index contributed by atoms with van der Waals surface area (Å²) in [6.45, 7) is 4.21. The molecule has 3 aromatic rings. The van der Waals surface area contributed by atoms with Crippen LogP contribution in [0, 0.1) is 0 Å². The van der Waals surface area contributed by atoms with Crippen molar-refractivity contribution < 1.29 is 22.7 Å². The Morgan fingerprint density at radius 3 is 2.59 bits per heavy atom. The topological polar surface area (TPSA) is 102 Å². The number of rotatable bonds is 6. The highest BCUT2D eigenvalue weighted by Crippen LogP contribution is 2.52. The Morgan fingerprint density at radius 2 is 1.92 bits per heavy atom. The number of aryl methyl sites for hydroxylation is 1. The normalized spacial score (nSPS) is 25.4. The van der Waals surface area contributed by atoms with Crippen LogP contribution in [-0.4, -0.2) is 71.0 Å². The van der Waals surface area contributed by atoms with Gasteiger partial charge in [-0.15, -0.1) is 11.3 Å². The number of likely N-dealkylation sites (tertiary alicyclic amines) is 1. The minimum absolute atomic E-state index is 0.0571. The van der Waals surface area contributed by atoms with Crippen molar-refractivity contribution in [1.82, 2.24) is 19.6 Å². The molecule has 3 atom stereocenters. The van der Waals surface area contributed by atoms with Gasteiger partial charge in [0.15, 0.2) is 0 Å². The molecule has 0 saturated carbocycles. The molecule has 6 rings (SSSR count). The summed E-state index contributed by atoms with van der Waals surface area (Å²) in [7, 11) is -3.05. The van der Waals surface area contributed by atoms with E-state index in [9.17, 15) is 18.0 Å². The van der Waals surface area contributed by atoms with E-state index in [1.807, 2.05) is 12.3 Å². The van der Waals surface area contributed by atoms with Gasteiger partial charge in [-0.2, -0.15) is 5.10 Å². The first-order valence-electron chi connectivity index (χ1n) is 12.9. The molecule has 9 nitrogen and oxygen atoms in total. The van der Waals surface area contributed by atoms with E-state index < -0.39 is 21.5 Å². The maximum Gasteiger partial charge on any atom is 0.262 e. The lowest BCUT2D eigenvalue weighted by Gasteiger charge is -2.48. The van der Waals surface area contributed by atoms with Gasteiger partial charge in [-0.05, 0) is 43.5 Å². The number of hydrogen-bond acceptors (Lipinski definition) is 8. The number of halogens is 1. The number of sulfone groups is 1. The number of amides is 2. The number of imide groups is 1. The molecule has 2 amide bonds. The largest absolute Gasteiger partial charge is 0.367 e. The first kappa shape index (κ1) is 26.6. The number of fused-ring (bicyclic) bond motifs is 3. The van der Waals surface area contributed by atoms with Crippen LogP contribution in [0.1, 0.15) is 62.5 Å². The second-order valence-corrected chi connectivity index (χ2v) is 14.6. The van der Waals surface area contributed by atoms with Crippen molar-refractivity contribution in [1.29, 1.82) is 0 Å². The maximum atomic E-state index is 13.2. The van der Waals surface area contributed by atoms with Crippen LogP contribution < -0.4 is 0 Å². The zero-order valence-electron chi connectivity index (χ0n) is 21.7. The van der Waals surface area contributed by atoms with Crippen molar-refractivity contribution in [2.75, 3.05) is 25.2 Å². The molecular weight excluding hydrogens is 560 g/mol. The van der Waals surface area contributed by atoms with Gasteiger partial charge in [-0.3, -0.25) is 24.1 Å². The van der Waals surface area contributed by atoms with Gasteiger partial charge in [-0.25, -0.2) is 8.42 Å². The summed E-state index contributed by atoms with van der Waals surface area (Å²) in [5.74, 6) is -0.538. The number of hydrogen-bond donors (Lipinski definition) is 0. The third kappa shape index (κ3) is 4.84. The van der Waals surface area contributed by atoms with Crippen molar-refractivity contribution in [3.63, 3.8) is 0 Å². The molecule has 5 heterocycles. The summed E-state index contributed by atoms with van der Waals surface area (Å²) < 4.78 is 31.9. The fraction of sp³-hybridized carbons (Fsp3) is 0.444. The lowest BCUT2D eigenvalue weighted by atomic mass is 9.81. The highest BCUT2D eigenvalue weighted by Gasteiger charge is 2.51. The number of carbonyl (C=O) groups excluding carboxylic acids is 2. The molecule has 206 valence electrons. The van der Waals surface area contributed by atoms with E-state index in [2.05, 4.69) is 16.9 Å². The first-order chi connectivity index (χ1) is 18.5. The number of carbonyl (C=O) groups is 2. The van der Waals surface area contributed by atoms with Gasteiger partial charge in [-0.1, -0.05) is 23.7 Å². The molecule has 39 heavy (non-hydrogen) atoms. The lowest BCUT2D eigenvalue weighted by molar-refractivity contribution is -0.125. The summed E-state index contributed by atoms with van der Waals surface area (Å²) in [5, 5.41) is 4.33. The van der Waals surface area contributed by atoms with E-state index in [0.717, 1.165) is 35.4 Å². The number of aromatic nitrogens is 2. The SMILES string of the molecule is C[C@H]1C[C@@]2(CCN1Cc1cnn(CCS(C)(=O)=O)c1)OCC(N1C(=O)c3ccccc3C1=O)c1cc(Cl)sc12. The average Bonchev–Trinajstić information content (AvgIpc) is 3.58. The maximum absolute atomic E-state index is 13.2. The summed E-state index contributed by atoms with van der Waals surface area (Å²) in [6.07, 6.45) is 6.42. The number of piperidine rings is 1. The van der Waals surface area contributed by atoms with E-state index >= 15 is 0 Å². The summed E-state index contributed by atoms with van der Waals surface area (Å²) in [5.41, 5.74) is 2.25. The average molecular weight is 589 g/mol. The molecule has 1 fully saturated rings. The van der Waals surface area contributed by atoms with Crippen molar-refractivity contribution in [2.45, 2.75) is 50.5 Å². The summed E-state index contributed by atoms with van der Waals surface area (Å²) in [4.78, 5) is 31.2. The fourth-order valence-electron chi connectivity index (χ4n) is 6.00. The van der Waals surface area contributed by atoms with E-state index in [1.165, 1.54) is 22.5 Å². The van der Waals surface area contributed by atoms with Crippen LogP contribution in [0.4, 0.5) is 0 Å². The van der Waals surface area contributed by atoms with Gasteiger partial charge in [0.25, 0.3) is 11.8 Å². The minimum Gasteiger partial charge on any atom is -0.367 e. The zero-order valence-corrected chi connectivity index (χ0v) is 24.1. The molecule has 3 aliphatic rings. The van der Waals surface area contributed by atoms with Crippen LogP contribution in [0.15, 0.2) is 42.7 Å². The van der Waals surface area contributed by atoms with Crippen molar-refractivity contribution in [3.8, 4) is 0 Å². The Hall–Kier alpha value is -2.57. The number of ether oxygens (including phenoxy) is 1. The third-order valence-electron chi connectivity index (χ3n) is 7.97. The van der Waals surface area contributed by atoms with Gasteiger partial charge < -0.3 is 4.74 Å². The molecule has 1 spiro atoms. The molecule has 0 N–H and O–H groups in total. The van der Waals surface area contributed by atoms with Crippen molar-refractivity contribution in [3.05, 3.63) is 74.2 Å². The number of nitrogens with zero attached hydrogens (tertiary/aromatic N) is 4. The highest BCUT2D eigenvalue weighted by atomic mass is 35.5. The Morgan fingerprint density at radius 1 is 1.21 bits per heavy atom. The van der Waals surface area contributed by atoms with Gasteiger partial charge in [0.1, 0.15) is 15.4 Å². The molecule has 3 aliphatic heterocycles. The highest BCUT2D eigenvalue weighted by molar-refractivity contribution is 7.90. The van der Waals surface area contributed by atoms with Crippen molar-refractivity contribution in [2.24, 2.45) is 0 Å². The minimum atomic E-state index is -3.05. The number of thiophene rings is 1. The van der Waals surface area contributed by atoms with Gasteiger partial charge in [0.05, 0.1) is 46.6 Å². The quantitative estimate of drug-likeness (QED) is 0.403. The molecule has 0 radical (unpaired) electrons. The molecule has 0 bridgehead atoms. The zero-order chi connectivity index (χ0) is 27.5. The van der Waals surface area contributed by atoms with Crippen LogP contribution >= 0.6 is 22.9 Å². The third-order valence-corrected chi connectivity index (χ3v) is 10.4. The van der Waals surface area contributed by atoms with Crippen LogP contribution in [0.25, 0.3) is 0 Å². The standard InChI is InChI=1S/C27H29ClN4O5S2/c1-17-12-27(7-8-30(17)14-18-13-29-31(15-18)9-10-39(2,35)36)24-21(11-23(28)38-24)22(16-37-27)32-25(33)19-5-3-4-6-20(19)26(32)34/h3-6,11,13,15,17,22H,7-10,12,14,16H2,1-2H3/t17-,22?,27+/m0/s1. The van der Waals surface area contributed by atoms with Crippen LogP contribution in [0.3, 0.4) is 0 Å². The monoisotopic (exact) mass is 588 g/mol. The Bertz CT molecular complexity index is 1530. The van der Waals surface area contributed by atoms with Crippen LogP contribution in [-0.2, 0) is 33.3 Å². The molecule has 0 aliphatic carbocycles. The molecule has 1 aromatic carbocycles. The molecule has 2 aromatic heterocycles. The Labute approximate surface area is 236 Å². The molecule has 12 heteroatoms. The predicted molar refractivity (Wildman–Crippen MR) is 148 cm³/mol. The van der Waals surface area contributed by atoms with Gasteiger partial charge in [0, 0.05) is 42.0 Å². The van der Waals surface area contributed by atoms with E-state index in [-0.39, 0.29) is 30.2 Å². The van der Waals surface area contributed by atoms with Crippen LogP contribution in [0.2, 0.25) is 4.34 Å².